The fourth-order valence-electron chi connectivity index (χ4n) is 0.382. The molecule has 0 aliphatic heterocycles. The summed E-state index contributed by atoms with van der Waals surface area (Å²) in [6, 6.07) is 0. The molecule has 0 heterocycles. The van der Waals surface area contributed by atoms with Crippen LogP contribution in [0, 0.1) is 5.92 Å². The summed E-state index contributed by atoms with van der Waals surface area (Å²) in [5.41, 5.74) is 1.21. The largest absolute Gasteiger partial charge is 0.302 e. The van der Waals surface area contributed by atoms with Crippen molar-refractivity contribution in [3.8, 4) is 0 Å². The van der Waals surface area contributed by atoms with Crippen molar-refractivity contribution >= 4 is 6.29 Å². The van der Waals surface area contributed by atoms with Gasteiger partial charge in [0.05, 0.1) is 5.92 Å². The van der Waals surface area contributed by atoms with E-state index in [0.29, 0.717) is 0 Å². The highest BCUT2D eigenvalue weighted by molar-refractivity contribution is 5.68. The maximum atomic E-state index is 9.73. The summed E-state index contributed by atoms with van der Waals surface area (Å²) >= 11 is 0. The summed E-state index contributed by atoms with van der Waals surface area (Å²) < 4.78 is 0. The molecular formula is C5H6O. The molecule has 0 amide bonds. The number of hydrogen-bond donors (Lipinski definition) is 0. The Hall–Kier alpha value is -0.590. The van der Waals surface area contributed by atoms with Gasteiger partial charge in [0.15, 0.2) is 0 Å². The minimum absolute atomic E-state index is 0.213. The Morgan fingerprint density at radius 2 is 2.50 bits per heavy atom. The normalized spacial score (nSPS) is 28.8. The molecule has 0 radical (unpaired) electrons. The average molecular weight is 82.1 g/mol. The van der Waals surface area contributed by atoms with Gasteiger partial charge in [-0.1, -0.05) is 11.6 Å². The number of allylic oxidation sites excluding steroid dienone is 2. The second kappa shape index (κ2) is 0.934. The van der Waals surface area contributed by atoms with Crippen LogP contribution in [0.5, 0.6) is 0 Å². The van der Waals surface area contributed by atoms with E-state index in [2.05, 4.69) is 0 Å². The second-order valence-electron chi connectivity index (χ2n) is 1.57. The van der Waals surface area contributed by atoms with Gasteiger partial charge in [0, 0.05) is 0 Å². The number of carbonyl (C=O) groups excluding carboxylic acids is 1. The fourth-order valence-corrected chi connectivity index (χ4v) is 0.382. The minimum atomic E-state index is 0.213. The van der Waals surface area contributed by atoms with Gasteiger partial charge < -0.3 is 4.79 Å². The first-order chi connectivity index (χ1) is 2.84. The van der Waals surface area contributed by atoms with Crippen LogP contribution >= 0.6 is 0 Å². The summed E-state index contributed by atoms with van der Waals surface area (Å²) in [6.07, 6.45) is 2.89. The molecule has 0 fully saturated rings. The first kappa shape index (κ1) is 3.59. The predicted octanol–water partition coefficient (Wildman–Crippen LogP) is 0.761. The Kier molecular flexibility index (Phi) is 0.560. The Bertz CT molecular complexity index is 103. The molecule has 0 aromatic rings. The molecule has 1 aliphatic carbocycles. The molecule has 1 aliphatic rings. The van der Waals surface area contributed by atoms with E-state index in [4.69, 9.17) is 0 Å². The van der Waals surface area contributed by atoms with Gasteiger partial charge >= 0.3 is 0 Å². The molecule has 1 nitrogen and oxygen atoms in total. The summed E-state index contributed by atoms with van der Waals surface area (Å²) in [7, 11) is 0. The maximum Gasteiger partial charge on any atom is 0.130 e. The topological polar surface area (TPSA) is 17.1 Å². The third-order valence-electron chi connectivity index (χ3n) is 1.01. The zero-order chi connectivity index (χ0) is 4.57. The molecule has 0 saturated carbocycles. The number of aldehydes is 1. The highest BCUT2D eigenvalue weighted by Crippen LogP contribution is 2.24. The lowest BCUT2D eigenvalue weighted by molar-refractivity contribution is -0.108. The first-order valence-corrected chi connectivity index (χ1v) is 1.98. The molecule has 0 aromatic carbocycles. The van der Waals surface area contributed by atoms with Gasteiger partial charge in [0.1, 0.15) is 6.29 Å². The van der Waals surface area contributed by atoms with Crippen LogP contribution in [-0.2, 0) is 4.79 Å². The number of hydrogen-bond acceptors (Lipinski definition) is 1. The molecule has 0 saturated heterocycles. The highest BCUT2D eigenvalue weighted by Gasteiger charge is 2.17. The predicted molar refractivity (Wildman–Crippen MR) is 23.3 cm³/mol. The number of rotatable bonds is 1. The van der Waals surface area contributed by atoms with Crippen molar-refractivity contribution in [2.45, 2.75) is 6.92 Å². The van der Waals surface area contributed by atoms with Gasteiger partial charge in [-0.3, -0.25) is 0 Å². The summed E-state index contributed by atoms with van der Waals surface area (Å²) in [4.78, 5) is 9.73. The Balaban J connectivity index is 2.35. The SMILES string of the molecule is CC1=CC1C=O. The third-order valence-corrected chi connectivity index (χ3v) is 1.01. The maximum absolute atomic E-state index is 9.73. The van der Waals surface area contributed by atoms with Crippen molar-refractivity contribution in [1.29, 1.82) is 0 Å². The van der Waals surface area contributed by atoms with Crippen molar-refractivity contribution in [1.82, 2.24) is 0 Å². The summed E-state index contributed by atoms with van der Waals surface area (Å²) in [6.45, 7) is 1.96. The van der Waals surface area contributed by atoms with Crippen LogP contribution in [0.1, 0.15) is 6.92 Å². The zero-order valence-corrected chi connectivity index (χ0v) is 3.64. The van der Waals surface area contributed by atoms with Crippen LogP contribution in [0.3, 0.4) is 0 Å². The van der Waals surface area contributed by atoms with Gasteiger partial charge in [-0.05, 0) is 6.92 Å². The van der Waals surface area contributed by atoms with E-state index in [9.17, 15) is 4.79 Å². The van der Waals surface area contributed by atoms with E-state index in [1.54, 1.807) is 0 Å². The van der Waals surface area contributed by atoms with Gasteiger partial charge in [0.2, 0.25) is 0 Å². The van der Waals surface area contributed by atoms with Gasteiger partial charge in [-0.15, -0.1) is 0 Å². The minimum Gasteiger partial charge on any atom is -0.302 e. The van der Waals surface area contributed by atoms with Crippen molar-refractivity contribution in [3.05, 3.63) is 11.6 Å². The van der Waals surface area contributed by atoms with Crippen molar-refractivity contribution in [2.24, 2.45) is 5.92 Å². The Morgan fingerprint density at radius 3 is 2.50 bits per heavy atom. The highest BCUT2D eigenvalue weighted by atomic mass is 16.1. The molecule has 32 valence electrons. The second-order valence-corrected chi connectivity index (χ2v) is 1.57. The molecule has 1 heteroatoms. The van der Waals surface area contributed by atoms with Crippen LogP contribution in [-0.4, -0.2) is 6.29 Å². The lowest BCUT2D eigenvalue weighted by atomic mass is 10.3. The fraction of sp³-hybridized carbons (Fsp3) is 0.400. The monoisotopic (exact) mass is 82.0 g/mol. The first-order valence-electron chi connectivity index (χ1n) is 1.98. The van der Waals surface area contributed by atoms with Gasteiger partial charge in [0.25, 0.3) is 0 Å². The Morgan fingerprint density at radius 1 is 2.00 bits per heavy atom. The quantitative estimate of drug-likeness (QED) is 0.337. The van der Waals surface area contributed by atoms with Crippen LogP contribution in [0.2, 0.25) is 0 Å². The zero-order valence-electron chi connectivity index (χ0n) is 3.64. The molecule has 1 rings (SSSR count). The van der Waals surface area contributed by atoms with E-state index in [1.807, 2.05) is 13.0 Å². The van der Waals surface area contributed by atoms with Gasteiger partial charge in [-0.2, -0.15) is 0 Å². The van der Waals surface area contributed by atoms with Crippen molar-refractivity contribution in [3.63, 3.8) is 0 Å². The van der Waals surface area contributed by atoms with E-state index >= 15 is 0 Å². The molecule has 0 N–H and O–H groups in total. The summed E-state index contributed by atoms with van der Waals surface area (Å²) in [5, 5.41) is 0. The molecule has 1 atom stereocenters. The van der Waals surface area contributed by atoms with Crippen molar-refractivity contribution < 1.29 is 4.79 Å². The smallest absolute Gasteiger partial charge is 0.130 e. The lowest BCUT2D eigenvalue weighted by Crippen LogP contribution is -1.75. The van der Waals surface area contributed by atoms with E-state index in [0.717, 1.165) is 6.29 Å². The molecule has 1 unspecified atom stereocenters. The lowest BCUT2D eigenvalue weighted by Gasteiger charge is -1.69. The summed E-state index contributed by atoms with van der Waals surface area (Å²) in [5.74, 6) is 0.213. The molecule has 0 aromatic heterocycles. The standard InChI is InChI=1S/C5H6O/c1-4-2-5(4)3-6/h2-3,5H,1H3. The van der Waals surface area contributed by atoms with Crippen LogP contribution in [0.15, 0.2) is 11.6 Å². The van der Waals surface area contributed by atoms with Crippen LogP contribution in [0.25, 0.3) is 0 Å². The number of carbonyl (C=O) groups is 1. The average Bonchev–Trinajstić information content (AvgIpc) is 2.19. The molecular weight excluding hydrogens is 76.1 g/mol. The van der Waals surface area contributed by atoms with Gasteiger partial charge in [-0.25, -0.2) is 0 Å². The van der Waals surface area contributed by atoms with E-state index in [1.165, 1.54) is 5.57 Å². The van der Waals surface area contributed by atoms with Crippen molar-refractivity contribution in [2.75, 3.05) is 0 Å². The van der Waals surface area contributed by atoms with E-state index < -0.39 is 0 Å². The Labute approximate surface area is 36.7 Å². The van der Waals surface area contributed by atoms with Crippen LogP contribution in [0.4, 0.5) is 0 Å². The van der Waals surface area contributed by atoms with Crippen LogP contribution < -0.4 is 0 Å². The molecule has 6 heavy (non-hydrogen) atoms. The van der Waals surface area contributed by atoms with E-state index in [-0.39, 0.29) is 5.92 Å². The third kappa shape index (κ3) is 0.361. The molecule has 0 spiro atoms. The molecule has 0 bridgehead atoms.